The van der Waals surface area contributed by atoms with Gasteiger partial charge in [0, 0.05) is 23.3 Å². The third kappa shape index (κ3) is 88200. The lowest BCUT2D eigenvalue weighted by Crippen LogP contribution is -2.07. The zero-order chi connectivity index (χ0) is 21.5. The second-order valence-electron chi connectivity index (χ2n) is 2.47. The molecule has 0 bridgehead atoms. The fraction of sp³-hybridized carbons (Fsp3) is 1.00. The molecule has 0 radical (unpaired) electrons. The van der Waals surface area contributed by atoms with Gasteiger partial charge in [-0.2, -0.15) is 0 Å². The Morgan fingerprint density at radius 3 is 0.282 bits per heavy atom. The van der Waals surface area contributed by atoms with Gasteiger partial charge >= 0.3 is 36.6 Å². The molecule has 0 rings (SSSR count). The highest BCUT2D eigenvalue weighted by Crippen LogP contribution is 1.47. The molecule has 0 fully saturated rings. The van der Waals surface area contributed by atoms with Crippen molar-refractivity contribution in [3.05, 3.63) is 0 Å². The van der Waals surface area contributed by atoms with Crippen molar-refractivity contribution in [2.45, 2.75) is 0 Å². The summed E-state index contributed by atoms with van der Waals surface area (Å²) in [6.07, 6.45) is 3.28. The maximum absolute atomic E-state index is 9.56. The molecule has 31 nitrogen and oxygen atoms in total. The largest absolute Gasteiger partial charge is 0.631 e. The number of rotatable bonds is 0. The molecule has 0 aliphatic carbocycles. The predicted octanol–water partition coefficient (Wildman–Crippen LogP) is -7.83. The first-order chi connectivity index (χ1) is 10.4. The fourth-order valence-electron chi connectivity index (χ4n) is 0. The lowest BCUT2D eigenvalue weighted by Gasteiger charge is -1.69. The van der Waals surface area contributed by atoms with Crippen LogP contribution in [0.4, 0.5) is 0 Å². The van der Waals surface area contributed by atoms with Gasteiger partial charge < -0.3 is 168 Å². The molecule has 0 aliphatic heterocycles. The molecule has 0 heterocycles. The Hall–Kier alpha value is -0.725. The summed E-state index contributed by atoms with van der Waals surface area (Å²) < 4.78 is 9.56. The van der Waals surface area contributed by atoms with E-state index in [1.807, 2.05) is 0 Å². The summed E-state index contributed by atoms with van der Waals surface area (Å²) in [5.74, 6) is 0. The Morgan fingerprint density at radius 2 is 0.282 bits per heavy atom. The lowest BCUT2D eigenvalue weighted by atomic mass is 10.3. The molecule has 0 amide bonds. The smallest absolute Gasteiger partial charge is 0.402 e. The van der Waals surface area contributed by atoms with Gasteiger partial charge in [0.1, 0.15) is 0 Å². The minimum atomic E-state index is -2.17. The fourth-order valence-corrected chi connectivity index (χ4v) is 0. The van der Waals surface area contributed by atoms with Crippen LogP contribution < -0.4 is 92.3 Å². The quantitative estimate of drug-likeness (QED) is 0.109. The first kappa shape index (κ1) is 178. The van der Waals surface area contributed by atoms with E-state index in [9.17, 15) is 4.21 Å². The standard InChI is InChI=1S/C2H6OS.5BH3O3.15H3N/c1-4(2)3;5*2-1(3)4;;;;;;;;;;;;;;;/h1-2H3;5*2-4H;15*1H3. The summed E-state index contributed by atoms with van der Waals surface area (Å²) in [7, 11) is -11.4. The molecule has 0 aromatic heterocycles. The van der Waals surface area contributed by atoms with Crippen LogP contribution >= 0.6 is 0 Å². The summed E-state index contributed by atoms with van der Waals surface area (Å²) in [4.78, 5) is 0. The maximum Gasteiger partial charge on any atom is 0.631 e. The van der Waals surface area contributed by atoms with Gasteiger partial charge in [-0.05, 0) is 0 Å². The van der Waals surface area contributed by atoms with Crippen molar-refractivity contribution in [1.82, 2.24) is 92.3 Å². The van der Waals surface area contributed by atoms with Crippen LogP contribution in [0.2, 0.25) is 0 Å². The molecule has 60 N–H and O–H groups in total. The van der Waals surface area contributed by atoms with E-state index in [0.29, 0.717) is 0 Å². The molecule has 37 heteroatoms. The van der Waals surface area contributed by atoms with Crippen molar-refractivity contribution < 1.29 is 79.6 Å². The topological polar surface area (TPSA) is 846 Å². The minimum absolute atomic E-state index is 0. The highest BCUT2D eigenvalue weighted by molar-refractivity contribution is 7.83. The lowest BCUT2D eigenvalue weighted by molar-refractivity contribution is 0.276. The van der Waals surface area contributed by atoms with E-state index in [0.717, 1.165) is 0 Å². The zero-order valence-corrected chi connectivity index (χ0v) is 23.8. The molecular formula is C2H66B5N15O16S. The van der Waals surface area contributed by atoms with Gasteiger partial charge in [0.25, 0.3) is 0 Å². The first-order valence-corrected chi connectivity index (χ1v) is 6.82. The van der Waals surface area contributed by atoms with Crippen molar-refractivity contribution in [3.63, 3.8) is 0 Å². The third-order valence-electron chi connectivity index (χ3n) is 0. The average Bonchev–Trinajstić information content (AvgIpc) is 2.08. The van der Waals surface area contributed by atoms with Crippen molar-refractivity contribution in [2.75, 3.05) is 12.5 Å². The Balaban J connectivity index is -0.00000000487. The number of hydrogen-bond donors (Lipinski definition) is 30. The molecule has 0 atom stereocenters. The van der Waals surface area contributed by atoms with Crippen molar-refractivity contribution >= 4 is 47.4 Å². The van der Waals surface area contributed by atoms with E-state index >= 15 is 0 Å². The van der Waals surface area contributed by atoms with E-state index in [2.05, 4.69) is 0 Å². The van der Waals surface area contributed by atoms with Gasteiger partial charge in [-0.25, -0.2) is 0 Å². The van der Waals surface area contributed by atoms with Crippen LogP contribution in [0.1, 0.15) is 0 Å². The Morgan fingerprint density at radius 1 is 0.282 bits per heavy atom. The van der Waals surface area contributed by atoms with Crippen LogP contribution in [0.15, 0.2) is 0 Å². The SMILES string of the molecule is CS(C)=O.N.N.N.N.N.N.N.N.N.N.N.N.N.N.N.OB(O)O.OB(O)O.OB(O)O.OB(O)O.OB(O)O. The summed E-state index contributed by atoms with van der Waals surface area (Å²) in [5, 5.41) is 108. The van der Waals surface area contributed by atoms with Gasteiger partial charge in [0.15, 0.2) is 0 Å². The van der Waals surface area contributed by atoms with Gasteiger partial charge in [0.05, 0.1) is 0 Å². The molecule has 0 aromatic rings. The van der Waals surface area contributed by atoms with E-state index in [1.165, 1.54) is 0 Å². The molecule has 0 saturated carbocycles. The average molecular weight is 643 g/mol. The van der Waals surface area contributed by atoms with Gasteiger partial charge in [0.2, 0.25) is 0 Å². The third-order valence-corrected chi connectivity index (χ3v) is 0. The Kier molecular flexibility index (Phi) is 751. The van der Waals surface area contributed by atoms with E-state index < -0.39 is 47.4 Å². The van der Waals surface area contributed by atoms with E-state index in [-0.39, 0.29) is 92.3 Å². The molecule has 0 aromatic carbocycles. The molecular weight excluding hydrogens is 576 g/mol. The predicted molar refractivity (Wildman–Crippen MR) is 157 cm³/mol. The molecule has 0 aliphatic rings. The van der Waals surface area contributed by atoms with Crippen molar-refractivity contribution in [1.29, 1.82) is 0 Å². The van der Waals surface area contributed by atoms with Gasteiger partial charge in [-0.15, -0.1) is 0 Å². The van der Waals surface area contributed by atoms with Crippen LogP contribution in [0.25, 0.3) is 0 Å². The summed E-state index contributed by atoms with van der Waals surface area (Å²) >= 11 is 0. The molecule has 0 unspecified atom stereocenters. The van der Waals surface area contributed by atoms with Crippen LogP contribution in [0, 0.1) is 0 Å². The minimum Gasteiger partial charge on any atom is -0.402 e. The van der Waals surface area contributed by atoms with Crippen LogP contribution in [0.3, 0.4) is 0 Å². The Labute approximate surface area is 232 Å². The summed E-state index contributed by atoms with van der Waals surface area (Å²) in [6.45, 7) is 0. The van der Waals surface area contributed by atoms with Crippen molar-refractivity contribution in [2.24, 2.45) is 0 Å². The van der Waals surface area contributed by atoms with E-state index in [1.54, 1.807) is 12.5 Å². The normalized spacial score (nSPS) is 4.36. The molecule has 0 saturated heterocycles. The van der Waals surface area contributed by atoms with Gasteiger partial charge in [-0.3, -0.25) is 4.21 Å². The van der Waals surface area contributed by atoms with Crippen molar-refractivity contribution in [3.8, 4) is 0 Å². The summed E-state index contributed by atoms with van der Waals surface area (Å²) in [6, 6.07) is 0. The van der Waals surface area contributed by atoms with Crippen LogP contribution in [0.5, 0.6) is 0 Å². The van der Waals surface area contributed by atoms with Crippen LogP contribution in [-0.4, -0.2) is 129 Å². The highest BCUT2D eigenvalue weighted by atomic mass is 32.2. The highest BCUT2D eigenvalue weighted by Gasteiger charge is 1.94. The second kappa shape index (κ2) is 164. The molecule has 39 heavy (non-hydrogen) atoms. The monoisotopic (exact) mass is 643 g/mol. The molecule has 0 spiro atoms. The van der Waals surface area contributed by atoms with Gasteiger partial charge in [-0.1, -0.05) is 0 Å². The summed E-state index contributed by atoms with van der Waals surface area (Å²) in [5.41, 5.74) is 0. The van der Waals surface area contributed by atoms with E-state index in [4.69, 9.17) is 75.4 Å². The first-order valence-electron chi connectivity index (χ1n) is 4.86. The maximum atomic E-state index is 9.56. The molecule has 266 valence electrons. The van der Waals surface area contributed by atoms with Crippen LogP contribution in [-0.2, 0) is 10.8 Å². The second-order valence-corrected chi connectivity index (χ2v) is 3.96. The number of hydrogen-bond acceptors (Lipinski definition) is 31. The zero-order valence-electron chi connectivity index (χ0n) is 23.0. The Bertz CT molecular complexity index is 188.